The van der Waals surface area contributed by atoms with E-state index in [2.05, 4.69) is 27.6 Å². The predicted molar refractivity (Wildman–Crippen MR) is 85.3 cm³/mol. The second-order valence-corrected chi connectivity index (χ2v) is 7.02. The van der Waals surface area contributed by atoms with Gasteiger partial charge >= 0.3 is 0 Å². The van der Waals surface area contributed by atoms with Crippen molar-refractivity contribution in [2.75, 3.05) is 42.6 Å². The zero-order chi connectivity index (χ0) is 13.9. The van der Waals surface area contributed by atoms with Crippen LogP contribution < -0.4 is 4.90 Å². The van der Waals surface area contributed by atoms with Gasteiger partial charge in [-0.3, -0.25) is 4.90 Å². The number of anilines is 1. The highest BCUT2D eigenvalue weighted by molar-refractivity contribution is 7.99. The highest BCUT2D eigenvalue weighted by Gasteiger charge is 2.25. The van der Waals surface area contributed by atoms with E-state index < -0.39 is 0 Å². The van der Waals surface area contributed by atoms with Gasteiger partial charge in [0.2, 0.25) is 0 Å². The Bertz CT molecular complexity index is 452. The van der Waals surface area contributed by atoms with Crippen LogP contribution in [0.5, 0.6) is 0 Å². The van der Waals surface area contributed by atoms with Crippen molar-refractivity contribution in [2.24, 2.45) is 0 Å². The second-order valence-electron chi connectivity index (χ2n) is 5.80. The van der Waals surface area contributed by atoms with Gasteiger partial charge in [0.15, 0.2) is 0 Å². The standard InChI is InChI=1S/C16H23FN2S/c1-13-2-3-15(12-16(13)17)18-6-4-14(5-7-18)19-8-10-20-11-9-19/h2-3,12,14H,4-11H2,1H3. The molecular weight excluding hydrogens is 271 g/mol. The number of rotatable bonds is 2. The molecule has 1 aromatic rings. The first-order valence-corrected chi connectivity index (χ1v) is 8.72. The quantitative estimate of drug-likeness (QED) is 0.827. The topological polar surface area (TPSA) is 6.48 Å². The molecule has 0 unspecified atom stereocenters. The fourth-order valence-electron chi connectivity index (χ4n) is 3.21. The van der Waals surface area contributed by atoms with Gasteiger partial charge in [0.05, 0.1) is 0 Å². The SMILES string of the molecule is Cc1ccc(N2CCC(N3CCSCC3)CC2)cc1F. The maximum Gasteiger partial charge on any atom is 0.128 e. The van der Waals surface area contributed by atoms with Crippen molar-refractivity contribution < 1.29 is 4.39 Å². The van der Waals surface area contributed by atoms with E-state index in [0.29, 0.717) is 0 Å². The molecule has 0 atom stereocenters. The molecule has 0 amide bonds. The van der Waals surface area contributed by atoms with Crippen LogP contribution >= 0.6 is 11.8 Å². The van der Waals surface area contributed by atoms with Crippen LogP contribution in [0.25, 0.3) is 0 Å². The lowest BCUT2D eigenvalue weighted by Gasteiger charge is -2.40. The first kappa shape index (κ1) is 14.2. The number of halogens is 1. The van der Waals surface area contributed by atoms with Crippen molar-refractivity contribution in [1.82, 2.24) is 4.90 Å². The van der Waals surface area contributed by atoms with Gasteiger partial charge in [0.25, 0.3) is 0 Å². The number of benzene rings is 1. The Morgan fingerprint density at radius 2 is 1.80 bits per heavy atom. The van der Waals surface area contributed by atoms with E-state index in [1.54, 1.807) is 6.07 Å². The van der Waals surface area contributed by atoms with Crippen LogP contribution in [0.1, 0.15) is 18.4 Å². The van der Waals surface area contributed by atoms with Gasteiger partial charge in [-0.15, -0.1) is 0 Å². The normalized spacial score (nSPS) is 22.2. The fraction of sp³-hybridized carbons (Fsp3) is 0.625. The Morgan fingerprint density at radius 3 is 2.45 bits per heavy atom. The largest absolute Gasteiger partial charge is 0.371 e. The van der Waals surface area contributed by atoms with E-state index in [1.807, 2.05) is 13.0 Å². The number of nitrogens with zero attached hydrogens (tertiary/aromatic N) is 2. The molecule has 0 N–H and O–H groups in total. The van der Waals surface area contributed by atoms with Crippen molar-refractivity contribution >= 4 is 17.4 Å². The lowest BCUT2D eigenvalue weighted by atomic mass is 10.0. The Hall–Kier alpha value is -0.740. The molecular formula is C16H23FN2S. The van der Waals surface area contributed by atoms with Crippen LogP contribution in [0.4, 0.5) is 10.1 Å². The van der Waals surface area contributed by atoms with Crippen LogP contribution in [-0.4, -0.2) is 48.6 Å². The smallest absolute Gasteiger partial charge is 0.128 e. The Balaban J connectivity index is 1.58. The van der Waals surface area contributed by atoms with Gasteiger partial charge in [0.1, 0.15) is 5.82 Å². The molecule has 2 saturated heterocycles. The van der Waals surface area contributed by atoms with Crippen molar-refractivity contribution in [3.8, 4) is 0 Å². The molecule has 2 aliphatic heterocycles. The molecule has 1 aromatic carbocycles. The number of aryl methyl sites for hydroxylation is 1. The van der Waals surface area contributed by atoms with E-state index in [0.717, 1.165) is 30.4 Å². The lowest BCUT2D eigenvalue weighted by molar-refractivity contribution is 0.186. The molecule has 0 radical (unpaired) electrons. The summed E-state index contributed by atoms with van der Waals surface area (Å²) in [4.78, 5) is 4.99. The Morgan fingerprint density at radius 1 is 1.10 bits per heavy atom. The van der Waals surface area contributed by atoms with Gasteiger partial charge in [-0.2, -0.15) is 11.8 Å². The Labute approximate surface area is 125 Å². The van der Waals surface area contributed by atoms with Gasteiger partial charge < -0.3 is 4.90 Å². The number of hydrogen-bond donors (Lipinski definition) is 0. The minimum atomic E-state index is -0.0855. The molecule has 2 heterocycles. The molecule has 0 spiro atoms. The van der Waals surface area contributed by atoms with Crippen molar-refractivity contribution in [1.29, 1.82) is 0 Å². The molecule has 0 aromatic heterocycles. The molecule has 0 saturated carbocycles. The summed E-state index contributed by atoms with van der Waals surface area (Å²) in [6.45, 7) is 6.41. The maximum absolute atomic E-state index is 13.7. The van der Waals surface area contributed by atoms with E-state index >= 15 is 0 Å². The summed E-state index contributed by atoms with van der Waals surface area (Å²) in [6.07, 6.45) is 2.42. The summed E-state index contributed by atoms with van der Waals surface area (Å²) in [7, 11) is 0. The minimum Gasteiger partial charge on any atom is -0.371 e. The maximum atomic E-state index is 13.7. The summed E-state index contributed by atoms with van der Waals surface area (Å²) in [5, 5.41) is 0. The average molecular weight is 294 g/mol. The van der Waals surface area contributed by atoms with Crippen molar-refractivity contribution in [3.63, 3.8) is 0 Å². The monoisotopic (exact) mass is 294 g/mol. The molecule has 4 heteroatoms. The number of thioether (sulfide) groups is 1. The van der Waals surface area contributed by atoms with E-state index in [9.17, 15) is 4.39 Å². The van der Waals surface area contributed by atoms with Crippen LogP contribution in [-0.2, 0) is 0 Å². The van der Waals surface area contributed by atoms with Crippen LogP contribution in [0.3, 0.4) is 0 Å². The summed E-state index contributed by atoms with van der Waals surface area (Å²) in [5.41, 5.74) is 1.77. The first-order valence-electron chi connectivity index (χ1n) is 7.57. The van der Waals surface area contributed by atoms with Crippen LogP contribution in [0, 0.1) is 12.7 Å². The molecule has 3 rings (SSSR count). The molecule has 0 bridgehead atoms. The minimum absolute atomic E-state index is 0.0855. The van der Waals surface area contributed by atoms with Crippen molar-refractivity contribution in [2.45, 2.75) is 25.8 Å². The van der Waals surface area contributed by atoms with Crippen LogP contribution in [0.15, 0.2) is 18.2 Å². The van der Waals surface area contributed by atoms with Gasteiger partial charge in [-0.05, 0) is 37.5 Å². The van der Waals surface area contributed by atoms with E-state index in [4.69, 9.17) is 0 Å². The number of piperidine rings is 1. The highest BCUT2D eigenvalue weighted by Crippen LogP contribution is 2.25. The van der Waals surface area contributed by atoms with Crippen LogP contribution in [0.2, 0.25) is 0 Å². The second kappa shape index (κ2) is 6.35. The molecule has 2 nitrogen and oxygen atoms in total. The molecule has 2 aliphatic rings. The van der Waals surface area contributed by atoms with Gasteiger partial charge in [0, 0.05) is 49.4 Å². The fourth-order valence-corrected chi connectivity index (χ4v) is 4.14. The highest BCUT2D eigenvalue weighted by atomic mass is 32.2. The first-order chi connectivity index (χ1) is 9.74. The zero-order valence-electron chi connectivity index (χ0n) is 12.1. The third-order valence-electron chi connectivity index (χ3n) is 4.55. The molecule has 20 heavy (non-hydrogen) atoms. The molecule has 0 aliphatic carbocycles. The summed E-state index contributed by atoms with van der Waals surface area (Å²) in [6, 6.07) is 6.37. The molecule has 2 fully saturated rings. The third kappa shape index (κ3) is 3.12. The predicted octanol–water partition coefficient (Wildman–Crippen LogP) is 3.15. The van der Waals surface area contributed by atoms with E-state index in [1.165, 1.54) is 37.4 Å². The van der Waals surface area contributed by atoms with E-state index in [-0.39, 0.29) is 5.82 Å². The van der Waals surface area contributed by atoms with Gasteiger partial charge in [-0.1, -0.05) is 6.07 Å². The Kier molecular flexibility index (Phi) is 4.51. The van der Waals surface area contributed by atoms with Crippen molar-refractivity contribution in [3.05, 3.63) is 29.6 Å². The zero-order valence-corrected chi connectivity index (χ0v) is 13.0. The summed E-state index contributed by atoms with van der Waals surface area (Å²) in [5.74, 6) is 2.48. The summed E-state index contributed by atoms with van der Waals surface area (Å²) < 4.78 is 13.7. The average Bonchev–Trinajstić information content (AvgIpc) is 2.51. The number of hydrogen-bond acceptors (Lipinski definition) is 3. The lowest BCUT2D eigenvalue weighted by Crippen LogP contribution is -2.47. The summed E-state index contributed by atoms with van der Waals surface area (Å²) >= 11 is 2.07. The molecule has 110 valence electrons. The van der Waals surface area contributed by atoms with Gasteiger partial charge in [-0.25, -0.2) is 4.39 Å². The third-order valence-corrected chi connectivity index (χ3v) is 5.49.